The van der Waals surface area contributed by atoms with E-state index in [4.69, 9.17) is 5.73 Å². The van der Waals surface area contributed by atoms with E-state index in [2.05, 4.69) is 30.5 Å². The summed E-state index contributed by atoms with van der Waals surface area (Å²) < 4.78 is 4.68. The van der Waals surface area contributed by atoms with Crippen LogP contribution in [0.1, 0.15) is 36.2 Å². The summed E-state index contributed by atoms with van der Waals surface area (Å²) in [5.74, 6) is 0.218. The van der Waals surface area contributed by atoms with E-state index in [1.807, 2.05) is 12.1 Å². The van der Waals surface area contributed by atoms with E-state index in [9.17, 15) is 4.79 Å². The van der Waals surface area contributed by atoms with Crippen molar-refractivity contribution in [1.82, 2.24) is 4.90 Å². The lowest BCUT2D eigenvalue weighted by Gasteiger charge is -2.21. The van der Waals surface area contributed by atoms with E-state index in [0.29, 0.717) is 11.5 Å². The molecule has 0 aliphatic carbocycles. The average molecular weight is 278 g/mol. The van der Waals surface area contributed by atoms with Gasteiger partial charge in [0, 0.05) is 12.6 Å². The molecule has 1 aromatic rings. The van der Waals surface area contributed by atoms with Crippen LogP contribution < -0.4 is 5.73 Å². The number of nitrogens with two attached hydrogens (primary N) is 1. The number of carbonyl (C=O) groups excluding carboxylic acids is 1. The maximum absolute atomic E-state index is 11.3. The molecule has 0 amide bonds. The lowest BCUT2D eigenvalue weighted by molar-refractivity contribution is 0.0600. The Balaban J connectivity index is 2.46. The Morgan fingerprint density at radius 3 is 2.40 bits per heavy atom. The van der Waals surface area contributed by atoms with Crippen molar-refractivity contribution in [2.24, 2.45) is 11.7 Å². The van der Waals surface area contributed by atoms with E-state index in [1.54, 1.807) is 12.1 Å². The largest absolute Gasteiger partial charge is 0.465 e. The van der Waals surface area contributed by atoms with Crippen LogP contribution in [0.2, 0.25) is 0 Å². The normalized spacial score (nSPS) is 12.8. The Hall–Kier alpha value is -1.39. The van der Waals surface area contributed by atoms with Crippen molar-refractivity contribution in [3.05, 3.63) is 35.4 Å². The zero-order valence-electron chi connectivity index (χ0n) is 12.9. The van der Waals surface area contributed by atoms with E-state index < -0.39 is 0 Å². The first kappa shape index (κ1) is 16.7. The zero-order chi connectivity index (χ0) is 15.1. The molecule has 0 aromatic heterocycles. The van der Waals surface area contributed by atoms with E-state index in [1.165, 1.54) is 12.7 Å². The van der Waals surface area contributed by atoms with Gasteiger partial charge in [-0.05, 0) is 43.6 Å². The number of nitrogens with zero attached hydrogens (tertiary/aromatic N) is 1. The molecule has 0 aliphatic heterocycles. The second kappa shape index (κ2) is 8.02. The molecule has 0 bridgehead atoms. The second-order valence-electron chi connectivity index (χ2n) is 5.62. The van der Waals surface area contributed by atoms with Crippen molar-refractivity contribution in [1.29, 1.82) is 0 Å². The molecule has 0 saturated heterocycles. The molecule has 112 valence electrons. The standard InChI is InChI=1S/C16H26N2O2/c1-12(2)15(17)9-10-18(3)11-13-5-7-14(8-6-13)16(19)20-4/h5-8,12,15H,9-11,17H2,1-4H3. The van der Waals surface area contributed by atoms with Crippen molar-refractivity contribution < 1.29 is 9.53 Å². The van der Waals surface area contributed by atoms with Crippen LogP contribution in [-0.2, 0) is 11.3 Å². The van der Waals surface area contributed by atoms with Gasteiger partial charge >= 0.3 is 5.97 Å². The number of rotatable bonds is 7. The smallest absolute Gasteiger partial charge is 0.337 e. The number of ether oxygens (including phenoxy) is 1. The highest BCUT2D eigenvalue weighted by Crippen LogP contribution is 2.09. The number of benzene rings is 1. The molecule has 1 atom stereocenters. The van der Waals surface area contributed by atoms with Crippen molar-refractivity contribution in [2.75, 3.05) is 20.7 Å². The highest BCUT2D eigenvalue weighted by Gasteiger charge is 2.09. The first-order valence-corrected chi connectivity index (χ1v) is 7.05. The van der Waals surface area contributed by atoms with Crippen molar-refractivity contribution >= 4 is 5.97 Å². The molecule has 0 saturated carbocycles. The Kier molecular flexibility index (Phi) is 6.68. The van der Waals surface area contributed by atoms with Gasteiger partial charge in [-0.3, -0.25) is 0 Å². The summed E-state index contributed by atoms with van der Waals surface area (Å²) in [6, 6.07) is 7.78. The fourth-order valence-corrected chi connectivity index (χ4v) is 1.96. The summed E-state index contributed by atoms with van der Waals surface area (Å²) >= 11 is 0. The van der Waals surface area contributed by atoms with Crippen LogP contribution in [0.25, 0.3) is 0 Å². The van der Waals surface area contributed by atoms with Gasteiger partial charge in [-0.1, -0.05) is 26.0 Å². The van der Waals surface area contributed by atoms with Crippen LogP contribution in [0.4, 0.5) is 0 Å². The van der Waals surface area contributed by atoms with Crippen molar-refractivity contribution in [2.45, 2.75) is 32.9 Å². The average Bonchev–Trinajstić information content (AvgIpc) is 2.44. The highest BCUT2D eigenvalue weighted by atomic mass is 16.5. The Morgan fingerprint density at radius 2 is 1.90 bits per heavy atom. The Morgan fingerprint density at radius 1 is 1.30 bits per heavy atom. The lowest BCUT2D eigenvalue weighted by Crippen LogP contribution is -2.31. The predicted molar refractivity (Wildman–Crippen MR) is 81.5 cm³/mol. The molecule has 1 aromatic carbocycles. The third-order valence-corrected chi connectivity index (χ3v) is 3.53. The molecule has 2 N–H and O–H groups in total. The molecule has 0 aliphatic rings. The minimum atomic E-state index is -0.298. The van der Waals surface area contributed by atoms with Crippen LogP contribution in [0, 0.1) is 5.92 Å². The molecule has 4 heteroatoms. The third-order valence-electron chi connectivity index (χ3n) is 3.53. The number of carbonyl (C=O) groups is 1. The molecular formula is C16H26N2O2. The monoisotopic (exact) mass is 278 g/mol. The van der Waals surface area contributed by atoms with Gasteiger partial charge in [0.1, 0.15) is 0 Å². The third kappa shape index (κ3) is 5.31. The fraction of sp³-hybridized carbons (Fsp3) is 0.562. The maximum Gasteiger partial charge on any atom is 0.337 e. The topological polar surface area (TPSA) is 55.6 Å². The van der Waals surface area contributed by atoms with Gasteiger partial charge in [0.2, 0.25) is 0 Å². The number of methoxy groups -OCH3 is 1. The van der Waals surface area contributed by atoms with Gasteiger partial charge in [0.25, 0.3) is 0 Å². The maximum atomic E-state index is 11.3. The quantitative estimate of drug-likeness (QED) is 0.777. The van der Waals surface area contributed by atoms with Gasteiger partial charge in [0.15, 0.2) is 0 Å². The Bertz CT molecular complexity index is 415. The van der Waals surface area contributed by atoms with E-state index in [0.717, 1.165) is 19.5 Å². The number of hydrogen-bond donors (Lipinski definition) is 1. The fourth-order valence-electron chi connectivity index (χ4n) is 1.96. The van der Waals surface area contributed by atoms with E-state index >= 15 is 0 Å². The predicted octanol–water partition coefficient (Wildman–Crippen LogP) is 2.28. The minimum Gasteiger partial charge on any atom is -0.465 e. The molecule has 20 heavy (non-hydrogen) atoms. The summed E-state index contributed by atoms with van der Waals surface area (Å²) in [6.07, 6.45) is 0.994. The molecule has 0 spiro atoms. The highest BCUT2D eigenvalue weighted by molar-refractivity contribution is 5.89. The van der Waals surface area contributed by atoms with Gasteiger partial charge in [-0.15, -0.1) is 0 Å². The zero-order valence-corrected chi connectivity index (χ0v) is 12.9. The van der Waals surface area contributed by atoms with Crippen molar-refractivity contribution in [3.63, 3.8) is 0 Å². The first-order valence-electron chi connectivity index (χ1n) is 7.05. The second-order valence-corrected chi connectivity index (χ2v) is 5.62. The minimum absolute atomic E-state index is 0.249. The van der Waals surface area contributed by atoms with Gasteiger partial charge in [0.05, 0.1) is 12.7 Å². The van der Waals surface area contributed by atoms with Crippen LogP contribution in [-0.4, -0.2) is 37.6 Å². The lowest BCUT2D eigenvalue weighted by atomic mass is 10.0. The van der Waals surface area contributed by atoms with Gasteiger partial charge in [-0.25, -0.2) is 4.79 Å². The molecular weight excluding hydrogens is 252 g/mol. The van der Waals surface area contributed by atoms with Crippen LogP contribution >= 0.6 is 0 Å². The number of hydrogen-bond acceptors (Lipinski definition) is 4. The molecule has 0 heterocycles. The van der Waals surface area contributed by atoms with Crippen molar-refractivity contribution in [3.8, 4) is 0 Å². The first-order chi connectivity index (χ1) is 9.43. The molecule has 1 rings (SSSR count). The van der Waals surface area contributed by atoms with Crippen LogP contribution in [0.5, 0.6) is 0 Å². The summed E-state index contributed by atoms with van der Waals surface area (Å²) in [6.45, 7) is 6.12. The van der Waals surface area contributed by atoms with Crippen LogP contribution in [0.15, 0.2) is 24.3 Å². The van der Waals surface area contributed by atoms with E-state index in [-0.39, 0.29) is 12.0 Å². The summed E-state index contributed by atoms with van der Waals surface area (Å²) in [4.78, 5) is 13.6. The summed E-state index contributed by atoms with van der Waals surface area (Å²) in [5, 5.41) is 0. The van der Waals surface area contributed by atoms with Gasteiger partial charge < -0.3 is 15.4 Å². The van der Waals surface area contributed by atoms with Gasteiger partial charge in [-0.2, -0.15) is 0 Å². The molecule has 0 fully saturated rings. The Labute approximate surface area is 121 Å². The number of esters is 1. The summed E-state index contributed by atoms with van der Waals surface area (Å²) in [7, 11) is 3.48. The molecule has 1 unspecified atom stereocenters. The van der Waals surface area contributed by atoms with Crippen LogP contribution in [0.3, 0.4) is 0 Å². The SMILES string of the molecule is COC(=O)c1ccc(CN(C)CCC(N)C(C)C)cc1. The molecule has 4 nitrogen and oxygen atoms in total. The summed E-state index contributed by atoms with van der Waals surface area (Å²) in [5.41, 5.74) is 7.81. The molecule has 0 radical (unpaired) electrons.